The van der Waals surface area contributed by atoms with Gasteiger partial charge in [-0.15, -0.1) is 0 Å². The van der Waals surface area contributed by atoms with Crippen molar-refractivity contribution in [3.05, 3.63) is 23.2 Å². The second-order valence-corrected chi connectivity index (χ2v) is 7.29. The Kier molecular flexibility index (Phi) is 12.1. The average molecular weight is 321 g/mol. The lowest BCUT2D eigenvalue weighted by Gasteiger charge is -2.03. The molecule has 0 radical (unpaired) electrons. The fourth-order valence-corrected chi connectivity index (χ4v) is 3.32. The molecule has 0 N–H and O–H groups in total. The Bertz CT molecular complexity index is 377. The van der Waals surface area contributed by atoms with Gasteiger partial charge in [-0.3, -0.25) is 0 Å². The summed E-state index contributed by atoms with van der Waals surface area (Å²) in [7, 11) is 0. The van der Waals surface area contributed by atoms with E-state index in [4.69, 9.17) is 4.42 Å². The van der Waals surface area contributed by atoms with Gasteiger partial charge >= 0.3 is 0 Å². The van der Waals surface area contributed by atoms with Crippen molar-refractivity contribution in [2.75, 3.05) is 0 Å². The van der Waals surface area contributed by atoms with Crippen LogP contribution < -0.4 is 0 Å². The van der Waals surface area contributed by atoms with Gasteiger partial charge in [0.05, 0.1) is 6.26 Å². The molecule has 1 rings (SSSR count). The highest BCUT2D eigenvalue weighted by Crippen LogP contribution is 2.18. The van der Waals surface area contributed by atoms with Crippen LogP contribution in [0.1, 0.15) is 114 Å². The lowest BCUT2D eigenvalue weighted by atomic mass is 10.0. The standard InChI is InChI=1S/C22H40O/c1-4-5-6-7-8-9-10-11-12-13-14-15-16-17-18-22-19-23-21(3)20(22)2/h19H,4-18H2,1-3H3. The monoisotopic (exact) mass is 320 g/mol. The van der Waals surface area contributed by atoms with Gasteiger partial charge in [-0.2, -0.15) is 0 Å². The van der Waals surface area contributed by atoms with Crippen LogP contribution in [0.5, 0.6) is 0 Å². The SMILES string of the molecule is CCCCCCCCCCCCCCCCc1coc(C)c1C. The van der Waals surface area contributed by atoms with Crippen LogP contribution in [0.25, 0.3) is 0 Å². The maximum Gasteiger partial charge on any atom is 0.103 e. The summed E-state index contributed by atoms with van der Waals surface area (Å²) in [5, 5.41) is 0. The normalized spacial score (nSPS) is 11.3. The molecule has 0 amide bonds. The summed E-state index contributed by atoms with van der Waals surface area (Å²) in [6.07, 6.45) is 23.1. The summed E-state index contributed by atoms with van der Waals surface area (Å²) in [5.74, 6) is 1.09. The summed E-state index contributed by atoms with van der Waals surface area (Å²) in [5.41, 5.74) is 2.78. The molecule has 134 valence electrons. The zero-order valence-corrected chi connectivity index (χ0v) is 16.1. The first kappa shape index (κ1) is 20.3. The summed E-state index contributed by atoms with van der Waals surface area (Å²) in [6.45, 7) is 6.53. The van der Waals surface area contributed by atoms with E-state index in [0.29, 0.717) is 0 Å². The first-order valence-electron chi connectivity index (χ1n) is 10.3. The number of hydrogen-bond acceptors (Lipinski definition) is 1. The number of unbranched alkanes of at least 4 members (excludes halogenated alkanes) is 13. The third kappa shape index (κ3) is 9.89. The van der Waals surface area contributed by atoms with Gasteiger partial charge in [-0.1, -0.05) is 90.4 Å². The van der Waals surface area contributed by atoms with E-state index in [2.05, 4.69) is 20.8 Å². The molecule has 0 aliphatic rings. The van der Waals surface area contributed by atoms with Crippen LogP contribution in [-0.4, -0.2) is 0 Å². The smallest absolute Gasteiger partial charge is 0.103 e. The minimum atomic E-state index is 1.09. The van der Waals surface area contributed by atoms with Crippen molar-refractivity contribution in [3.8, 4) is 0 Å². The molecule has 0 fully saturated rings. The molecule has 1 aromatic heterocycles. The largest absolute Gasteiger partial charge is 0.469 e. The molecule has 23 heavy (non-hydrogen) atoms. The van der Waals surface area contributed by atoms with Gasteiger partial charge in [-0.25, -0.2) is 0 Å². The van der Waals surface area contributed by atoms with Gasteiger partial charge in [0.1, 0.15) is 5.76 Å². The van der Waals surface area contributed by atoms with E-state index < -0.39 is 0 Å². The topological polar surface area (TPSA) is 13.1 Å². The van der Waals surface area contributed by atoms with Gasteiger partial charge in [0, 0.05) is 0 Å². The van der Waals surface area contributed by atoms with Crippen LogP contribution in [0.3, 0.4) is 0 Å². The van der Waals surface area contributed by atoms with Gasteiger partial charge in [-0.05, 0) is 37.8 Å². The Morgan fingerprint density at radius 1 is 0.652 bits per heavy atom. The predicted molar refractivity (Wildman–Crippen MR) is 102 cm³/mol. The van der Waals surface area contributed by atoms with Crippen LogP contribution in [0.4, 0.5) is 0 Å². The van der Waals surface area contributed by atoms with Crippen LogP contribution in [0, 0.1) is 13.8 Å². The van der Waals surface area contributed by atoms with Crippen LogP contribution in [-0.2, 0) is 6.42 Å². The molecule has 0 saturated carbocycles. The molecule has 0 saturated heterocycles. The van der Waals surface area contributed by atoms with E-state index >= 15 is 0 Å². The Hall–Kier alpha value is -0.720. The molecule has 0 unspecified atom stereocenters. The van der Waals surface area contributed by atoms with Crippen molar-refractivity contribution in [2.24, 2.45) is 0 Å². The van der Waals surface area contributed by atoms with Crippen LogP contribution in [0.15, 0.2) is 10.7 Å². The third-order valence-corrected chi connectivity index (χ3v) is 5.19. The lowest BCUT2D eigenvalue weighted by Crippen LogP contribution is -1.87. The third-order valence-electron chi connectivity index (χ3n) is 5.19. The number of furan rings is 1. The van der Waals surface area contributed by atoms with Crippen LogP contribution in [0.2, 0.25) is 0 Å². The average Bonchev–Trinajstić information content (AvgIpc) is 2.87. The van der Waals surface area contributed by atoms with Crippen molar-refractivity contribution in [1.29, 1.82) is 0 Å². The molecule has 1 heterocycles. The van der Waals surface area contributed by atoms with E-state index in [-0.39, 0.29) is 0 Å². The Balaban J connectivity index is 1.79. The molecular formula is C22H40O. The summed E-state index contributed by atoms with van der Waals surface area (Å²) in [6, 6.07) is 0. The van der Waals surface area contributed by atoms with E-state index in [1.54, 1.807) is 0 Å². The molecule has 0 aliphatic heterocycles. The Labute approximate surface area is 145 Å². The van der Waals surface area contributed by atoms with Crippen molar-refractivity contribution in [2.45, 2.75) is 117 Å². The second-order valence-electron chi connectivity index (χ2n) is 7.29. The summed E-state index contributed by atoms with van der Waals surface area (Å²) in [4.78, 5) is 0. The molecule has 0 aromatic carbocycles. The first-order chi connectivity index (χ1) is 11.3. The maximum absolute atomic E-state index is 5.46. The van der Waals surface area contributed by atoms with E-state index in [1.165, 1.54) is 107 Å². The second kappa shape index (κ2) is 13.7. The molecule has 1 aromatic rings. The number of aryl methyl sites for hydroxylation is 2. The van der Waals surface area contributed by atoms with E-state index in [1.807, 2.05) is 6.26 Å². The zero-order valence-electron chi connectivity index (χ0n) is 16.1. The summed E-state index contributed by atoms with van der Waals surface area (Å²) >= 11 is 0. The molecule has 0 bridgehead atoms. The lowest BCUT2D eigenvalue weighted by molar-refractivity contribution is 0.526. The molecule has 0 spiro atoms. The number of hydrogen-bond donors (Lipinski definition) is 0. The predicted octanol–water partition coefficient (Wildman–Crippen LogP) is 7.92. The molecule has 0 aliphatic carbocycles. The van der Waals surface area contributed by atoms with E-state index in [0.717, 1.165) is 5.76 Å². The summed E-state index contributed by atoms with van der Waals surface area (Å²) < 4.78 is 5.46. The highest BCUT2D eigenvalue weighted by Gasteiger charge is 2.04. The van der Waals surface area contributed by atoms with Crippen molar-refractivity contribution in [1.82, 2.24) is 0 Å². The number of rotatable bonds is 15. The molecule has 0 atom stereocenters. The molecule has 1 nitrogen and oxygen atoms in total. The minimum Gasteiger partial charge on any atom is -0.469 e. The van der Waals surface area contributed by atoms with E-state index in [9.17, 15) is 0 Å². The quantitative estimate of drug-likeness (QED) is 0.299. The van der Waals surface area contributed by atoms with Gasteiger partial charge < -0.3 is 4.42 Å². The van der Waals surface area contributed by atoms with Gasteiger partial charge in [0.2, 0.25) is 0 Å². The van der Waals surface area contributed by atoms with Crippen molar-refractivity contribution >= 4 is 0 Å². The Morgan fingerprint density at radius 3 is 1.48 bits per heavy atom. The molecular weight excluding hydrogens is 280 g/mol. The first-order valence-corrected chi connectivity index (χ1v) is 10.3. The van der Waals surface area contributed by atoms with Gasteiger partial charge in [0.15, 0.2) is 0 Å². The zero-order chi connectivity index (χ0) is 16.8. The highest BCUT2D eigenvalue weighted by molar-refractivity contribution is 5.25. The minimum absolute atomic E-state index is 1.09. The van der Waals surface area contributed by atoms with Gasteiger partial charge in [0.25, 0.3) is 0 Å². The fraction of sp³-hybridized carbons (Fsp3) is 0.818. The van der Waals surface area contributed by atoms with Crippen LogP contribution >= 0.6 is 0 Å². The maximum atomic E-state index is 5.46. The fourth-order valence-electron chi connectivity index (χ4n) is 3.32. The van der Waals surface area contributed by atoms with Crippen molar-refractivity contribution < 1.29 is 4.42 Å². The van der Waals surface area contributed by atoms with Crippen molar-refractivity contribution in [3.63, 3.8) is 0 Å². The Morgan fingerprint density at radius 2 is 1.09 bits per heavy atom. The molecule has 1 heteroatoms. The highest BCUT2D eigenvalue weighted by atomic mass is 16.3.